The minimum atomic E-state index is -4.00. The van der Waals surface area contributed by atoms with Gasteiger partial charge in [0.2, 0.25) is 0 Å². The molecule has 0 saturated carbocycles. The molecule has 1 unspecified atom stereocenters. The molecule has 5 heteroatoms. The lowest BCUT2D eigenvalue weighted by atomic mass is 9.97. The molecule has 3 aromatic carbocycles. The number of nitrogens with zero attached hydrogens (tertiary/aromatic N) is 1. The summed E-state index contributed by atoms with van der Waals surface area (Å²) >= 11 is 0. The predicted molar refractivity (Wildman–Crippen MR) is 110 cm³/mol. The van der Waals surface area contributed by atoms with Crippen LogP contribution in [-0.4, -0.2) is 14.1 Å². The summed E-state index contributed by atoms with van der Waals surface area (Å²) in [6.07, 6.45) is 1.07. The van der Waals surface area contributed by atoms with Crippen LogP contribution in [0.15, 0.2) is 76.8 Å². The third kappa shape index (κ3) is 4.19. The summed E-state index contributed by atoms with van der Waals surface area (Å²) in [5, 5.41) is 5.33. The monoisotopic (exact) mass is 381 g/mol. The zero-order valence-electron chi connectivity index (χ0n) is 15.7. The second kappa shape index (κ2) is 7.92. The van der Waals surface area contributed by atoms with E-state index in [1.54, 1.807) is 25.1 Å². The number of hydrogen-bond acceptors (Lipinski definition) is 4. The fraction of sp³-hybridized carbons (Fsp3) is 0.227. The van der Waals surface area contributed by atoms with E-state index in [0.717, 1.165) is 17.4 Å². The van der Waals surface area contributed by atoms with Crippen LogP contribution in [0.2, 0.25) is 0 Å². The Morgan fingerprint density at radius 2 is 1.67 bits per heavy atom. The largest absolute Gasteiger partial charge is 0.359 e. The van der Waals surface area contributed by atoms with Crippen molar-refractivity contribution in [3.8, 4) is 0 Å². The van der Waals surface area contributed by atoms with Crippen molar-refractivity contribution in [1.29, 1.82) is 0 Å². The number of rotatable bonds is 6. The molecule has 4 nitrogen and oxygen atoms in total. The zero-order valence-corrected chi connectivity index (χ0v) is 16.5. The summed E-state index contributed by atoms with van der Waals surface area (Å²) in [5.41, 5.74) is 2.59. The van der Waals surface area contributed by atoms with Crippen LogP contribution in [0.3, 0.4) is 0 Å². The van der Waals surface area contributed by atoms with Gasteiger partial charge in [-0.15, -0.1) is 0 Å². The molecule has 0 radical (unpaired) electrons. The van der Waals surface area contributed by atoms with Crippen LogP contribution in [-0.2, 0) is 14.4 Å². The van der Waals surface area contributed by atoms with Crippen molar-refractivity contribution in [2.45, 2.75) is 38.0 Å². The summed E-state index contributed by atoms with van der Waals surface area (Å²) in [4.78, 5) is 0.115. The lowest BCUT2D eigenvalue weighted by Gasteiger charge is -2.10. The normalized spacial score (nSPS) is 13.5. The van der Waals surface area contributed by atoms with Crippen molar-refractivity contribution in [2.75, 3.05) is 0 Å². The van der Waals surface area contributed by atoms with Crippen molar-refractivity contribution in [1.82, 2.24) is 0 Å². The molecule has 3 aromatic rings. The zero-order chi connectivity index (χ0) is 19.4. The maximum atomic E-state index is 12.6. The van der Waals surface area contributed by atoms with Gasteiger partial charge < -0.3 is 0 Å². The second-order valence-corrected chi connectivity index (χ2v) is 8.11. The molecule has 0 amide bonds. The minimum absolute atomic E-state index is 0.115. The van der Waals surface area contributed by atoms with Crippen LogP contribution in [0, 0.1) is 0 Å². The highest BCUT2D eigenvalue weighted by Crippen LogP contribution is 2.25. The van der Waals surface area contributed by atoms with Gasteiger partial charge in [-0.1, -0.05) is 79.7 Å². The molecular formula is C22H23NO3S. The van der Waals surface area contributed by atoms with Gasteiger partial charge in [-0.25, -0.2) is 0 Å². The Balaban J connectivity index is 1.85. The van der Waals surface area contributed by atoms with Crippen LogP contribution >= 0.6 is 0 Å². The van der Waals surface area contributed by atoms with E-state index in [9.17, 15) is 8.42 Å². The highest BCUT2D eigenvalue weighted by molar-refractivity contribution is 7.87. The van der Waals surface area contributed by atoms with Crippen molar-refractivity contribution in [2.24, 2.45) is 5.16 Å². The molecule has 27 heavy (non-hydrogen) atoms. The van der Waals surface area contributed by atoms with Gasteiger partial charge in [0.05, 0.1) is 5.71 Å². The Hall–Kier alpha value is -2.66. The highest BCUT2D eigenvalue weighted by atomic mass is 32.2. The molecule has 140 valence electrons. The Morgan fingerprint density at radius 1 is 1.00 bits per heavy atom. The van der Waals surface area contributed by atoms with Gasteiger partial charge in [0, 0.05) is 5.39 Å². The van der Waals surface area contributed by atoms with Crippen LogP contribution in [0.4, 0.5) is 0 Å². The van der Waals surface area contributed by atoms with Gasteiger partial charge >= 0.3 is 10.1 Å². The maximum absolute atomic E-state index is 12.6. The van der Waals surface area contributed by atoms with Crippen LogP contribution in [0.1, 0.15) is 44.2 Å². The molecule has 0 aliphatic carbocycles. The number of oxime groups is 1. The summed E-state index contributed by atoms with van der Waals surface area (Å²) in [5.74, 6) is 0.485. The number of benzene rings is 3. The third-order valence-corrected chi connectivity index (χ3v) is 5.97. The van der Waals surface area contributed by atoms with Crippen LogP contribution in [0.5, 0.6) is 0 Å². The number of hydrogen-bond donors (Lipinski definition) is 0. The van der Waals surface area contributed by atoms with Gasteiger partial charge in [-0.05, 0) is 41.8 Å². The van der Waals surface area contributed by atoms with E-state index in [1.165, 1.54) is 11.6 Å². The fourth-order valence-corrected chi connectivity index (χ4v) is 3.89. The molecule has 0 bridgehead atoms. The standard InChI is InChI=1S/C22H23NO3S/c1-4-16(2)18-12-14-19(15-13-18)17(3)23-26-27(24,25)22-11-7-9-20-8-5-6-10-21(20)22/h5-16H,4H2,1-3H3. The molecule has 0 heterocycles. The highest BCUT2D eigenvalue weighted by Gasteiger charge is 2.19. The Morgan fingerprint density at radius 3 is 2.37 bits per heavy atom. The Bertz CT molecular complexity index is 1060. The molecule has 0 aromatic heterocycles. The van der Waals surface area contributed by atoms with E-state index < -0.39 is 10.1 Å². The van der Waals surface area contributed by atoms with E-state index in [4.69, 9.17) is 4.28 Å². The van der Waals surface area contributed by atoms with Gasteiger partial charge in [-0.3, -0.25) is 4.28 Å². The fourth-order valence-electron chi connectivity index (χ4n) is 2.90. The average molecular weight is 381 g/mol. The van der Waals surface area contributed by atoms with Crippen LogP contribution in [0.25, 0.3) is 10.8 Å². The molecule has 1 atom stereocenters. The third-order valence-electron chi connectivity index (χ3n) is 4.80. The molecule has 0 spiro atoms. The molecule has 0 fully saturated rings. The smallest absolute Gasteiger partial charge is 0.264 e. The molecule has 3 rings (SSSR count). The molecule has 0 aliphatic rings. The van der Waals surface area contributed by atoms with Crippen molar-refractivity contribution in [3.63, 3.8) is 0 Å². The van der Waals surface area contributed by atoms with Crippen molar-refractivity contribution in [3.05, 3.63) is 77.9 Å². The van der Waals surface area contributed by atoms with E-state index in [1.807, 2.05) is 42.5 Å². The second-order valence-electron chi connectivity index (χ2n) is 6.61. The lowest BCUT2D eigenvalue weighted by molar-refractivity contribution is 0.339. The molecular weight excluding hydrogens is 358 g/mol. The topological polar surface area (TPSA) is 55.7 Å². The van der Waals surface area contributed by atoms with Crippen molar-refractivity contribution < 1.29 is 12.7 Å². The van der Waals surface area contributed by atoms with Gasteiger partial charge in [0.25, 0.3) is 0 Å². The van der Waals surface area contributed by atoms with E-state index >= 15 is 0 Å². The van der Waals surface area contributed by atoms with E-state index in [-0.39, 0.29) is 4.90 Å². The summed E-state index contributed by atoms with van der Waals surface area (Å²) in [7, 11) is -4.00. The van der Waals surface area contributed by atoms with Gasteiger partial charge in [-0.2, -0.15) is 8.42 Å². The average Bonchev–Trinajstić information content (AvgIpc) is 2.71. The van der Waals surface area contributed by atoms with Gasteiger partial charge in [0.1, 0.15) is 4.90 Å². The lowest BCUT2D eigenvalue weighted by Crippen LogP contribution is -2.06. The first-order valence-corrected chi connectivity index (χ1v) is 10.4. The first kappa shape index (κ1) is 19.1. The van der Waals surface area contributed by atoms with Crippen molar-refractivity contribution >= 4 is 26.6 Å². The van der Waals surface area contributed by atoms with Gasteiger partial charge in [0.15, 0.2) is 0 Å². The molecule has 0 aliphatic heterocycles. The quantitative estimate of drug-likeness (QED) is 0.419. The SMILES string of the molecule is CCC(C)c1ccc(C(C)=NOS(=O)(=O)c2cccc3ccccc23)cc1. The Kier molecular flexibility index (Phi) is 5.61. The summed E-state index contributed by atoms with van der Waals surface area (Å²) in [6, 6.07) is 20.3. The minimum Gasteiger partial charge on any atom is -0.264 e. The maximum Gasteiger partial charge on any atom is 0.359 e. The summed E-state index contributed by atoms with van der Waals surface area (Å²) in [6.45, 7) is 6.06. The van der Waals surface area contributed by atoms with E-state index in [2.05, 4.69) is 19.0 Å². The first-order valence-electron chi connectivity index (χ1n) is 8.98. The Labute approximate surface area is 160 Å². The predicted octanol–water partition coefficient (Wildman–Crippen LogP) is 5.48. The summed E-state index contributed by atoms with van der Waals surface area (Å²) < 4.78 is 30.3. The van der Waals surface area contributed by atoms with E-state index in [0.29, 0.717) is 17.0 Å². The first-order chi connectivity index (χ1) is 12.9. The van der Waals surface area contributed by atoms with Crippen LogP contribution < -0.4 is 0 Å². The number of fused-ring (bicyclic) bond motifs is 1. The molecule has 0 saturated heterocycles. The molecule has 0 N–H and O–H groups in total.